The quantitative estimate of drug-likeness (QED) is 0.649. The van der Waals surface area contributed by atoms with E-state index in [4.69, 9.17) is 0 Å². The molecule has 0 aliphatic rings. The van der Waals surface area contributed by atoms with E-state index in [2.05, 4.69) is 21.1 Å². The van der Waals surface area contributed by atoms with Crippen molar-refractivity contribution >= 4 is 17.4 Å². The number of amides is 2. The molecule has 102 valence electrons. The maximum Gasteiger partial charge on any atom is 0.378 e. The Hall–Kier alpha value is -2.69. The summed E-state index contributed by atoms with van der Waals surface area (Å²) in [5, 5.41) is 7.46. The van der Waals surface area contributed by atoms with Crippen LogP contribution in [0.15, 0.2) is 58.8 Å². The van der Waals surface area contributed by atoms with Crippen LogP contribution in [-0.4, -0.2) is 6.03 Å². The van der Waals surface area contributed by atoms with Crippen LogP contribution in [0.3, 0.4) is 0 Å². The second-order valence-corrected chi connectivity index (χ2v) is 4.46. The van der Waals surface area contributed by atoms with E-state index >= 15 is 0 Å². The summed E-state index contributed by atoms with van der Waals surface area (Å²) in [6.07, 6.45) is 0. The largest absolute Gasteiger partial charge is 0.378 e. The number of carbonyl (C=O) groups is 1. The number of hydrogen-bond donors (Lipinski definition) is 2. The van der Waals surface area contributed by atoms with Gasteiger partial charge in [-0.3, -0.25) is 5.43 Å². The van der Waals surface area contributed by atoms with Crippen LogP contribution in [0.2, 0.25) is 0 Å². The second-order valence-electron chi connectivity index (χ2n) is 4.46. The smallest absolute Gasteiger partial charge is 0.297 e. The number of azo groups is 1. The molecule has 0 aromatic heterocycles. The third kappa shape index (κ3) is 4.20. The van der Waals surface area contributed by atoms with E-state index in [1.807, 2.05) is 56.3 Å². The van der Waals surface area contributed by atoms with Crippen molar-refractivity contribution < 1.29 is 4.79 Å². The van der Waals surface area contributed by atoms with Gasteiger partial charge in [0, 0.05) is 0 Å². The average molecular weight is 268 g/mol. The van der Waals surface area contributed by atoms with Crippen LogP contribution >= 0.6 is 0 Å². The predicted molar refractivity (Wildman–Crippen MR) is 79.0 cm³/mol. The van der Waals surface area contributed by atoms with Crippen molar-refractivity contribution in [2.24, 2.45) is 10.2 Å². The van der Waals surface area contributed by atoms with Crippen LogP contribution in [0.1, 0.15) is 11.1 Å². The van der Waals surface area contributed by atoms with Crippen LogP contribution in [0.4, 0.5) is 16.2 Å². The number of nitrogens with zero attached hydrogens (tertiary/aromatic N) is 2. The number of aryl methyl sites for hydroxylation is 2. The Labute approximate surface area is 117 Å². The Bertz CT molecular complexity index is 637. The van der Waals surface area contributed by atoms with Gasteiger partial charge >= 0.3 is 6.03 Å². The van der Waals surface area contributed by atoms with Crippen molar-refractivity contribution in [1.82, 2.24) is 5.43 Å². The summed E-state index contributed by atoms with van der Waals surface area (Å²) in [6, 6.07) is 14.6. The Morgan fingerprint density at radius 1 is 1.00 bits per heavy atom. The van der Waals surface area contributed by atoms with Crippen molar-refractivity contribution in [2.45, 2.75) is 13.8 Å². The van der Waals surface area contributed by atoms with E-state index in [0.717, 1.165) is 16.8 Å². The number of anilines is 1. The van der Waals surface area contributed by atoms with Crippen molar-refractivity contribution in [3.63, 3.8) is 0 Å². The monoisotopic (exact) mass is 268 g/mol. The normalized spacial score (nSPS) is 10.5. The van der Waals surface area contributed by atoms with Gasteiger partial charge in [-0.2, -0.15) is 0 Å². The summed E-state index contributed by atoms with van der Waals surface area (Å²) < 4.78 is 0. The van der Waals surface area contributed by atoms with Gasteiger partial charge in [-0.15, -0.1) is 5.11 Å². The van der Waals surface area contributed by atoms with E-state index < -0.39 is 6.03 Å². The summed E-state index contributed by atoms with van der Waals surface area (Å²) in [6.45, 7) is 3.93. The van der Waals surface area contributed by atoms with Gasteiger partial charge in [0.05, 0.1) is 11.4 Å². The average Bonchev–Trinajstić information content (AvgIpc) is 2.43. The van der Waals surface area contributed by atoms with Gasteiger partial charge in [-0.25, -0.2) is 10.2 Å². The topological polar surface area (TPSA) is 65.8 Å². The zero-order valence-corrected chi connectivity index (χ0v) is 11.4. The van der Waals surface area contributed by atoms with Crippen LogP contribution in [-0.2, 0) is 0 Å². The lowest BCUT2D eigenvalue weighted by atomic mass is 10.2. The van der Waals surface area contributed by atoms with E-state index in [0.29, 0.717) is 5.69 Å². The molecule has 2 aromatic rings. The number of hydrogen-bond acceptors (Lipinski definition) is 3. The first-order valence-electron chi connectivity index (χ1n) is 6.24. The fourth-order valence-electron chi connectivity index (χ4n) is 1.67. The molecule has 0 unspecified atom stereocenters. The maximum atomic E-state index is 11.5. The molecule has 0 fully saturated rings. The third-order valence-corrected chi connectivity index (χ3v) is 2.59. The van der Waals surface area contributed by atoms with Gasteiger partial charge in [0.15, 0.2) is 0 Å². The van der Waals surface area contributed by atoms with Crippen molar-refractivity contribution in [2.75, 3.05) is 5.43 Å². The van der Waals surface area contributed by atoms with Crippen molar-refractivity contribution in [3.8, 4) is 0 Å². The minimum Gasteiger partial charge on any atom is -0.297 e. The highest BCUT2D eigenvalue weighted by Gasteiger charge is 1.98. The molecule has 5 heteroatoms. The maximum absolute atomic E-state index is 11.5. The van der Waals surface area contributed by atoms with Crippen molar-refractivity contribution in [1.29, 1.82) is 0 Å². The molecule has 0 heterocycles. The SMILES string of the molecule is Cc1cccc(N=NC(=O)NNc2cccc(C)c2)c1. The van der Waals surface area contributed by atoms with E-state index in [9.17, 15) is 4.79 Å². The molecule has 2 rings (SSSR count). The Morgan fingerprint density at radius 3 is 2.40 bits per heavy atom. The predicted octanol–water partition coefficient (Wildman–Crippen LogP) is 4.12. The minimum absolute atomic E-state index is 0.548. The fraction of sp³-hybridized carbons (Fsp3) is 0.133. The minimum atomic E-state index is -0.548. The van der Waals surface area contributed by atoms with Crippen LogP contribution in [0.5, 0.6) is 0 Å². The van der Waals surface area contributed by atoms with Crippen LogP contribution in [0, 0.1) is 13.8 Å². The number of rotatable bonds is 3. The first-order valence-corrected chi connectivity index (χ1v) is 6.24. The van der Waals surface area contributed by atoms with Gasteiger partial charge in [-0.1, -0.05) is 29.4 Å². The number of hydrazine groups is 1. The third-order valence-electron chi connectivity index (χ3n) is 2.59. The Kier molecular flexibility index (Phi) is 4.44. The molecule has 0 saturated carbocycles. The van der Waals surface area contributed by atoms with E-state index in [1.54, 1.807) is 6.07 Å². The standard InChI is InChI=1S/C15H16N4O/c1-11-5-3-7-13(9-11)16-18-15(20)19-17-14-8-4-6-12(2)10-14/h3-10,16H,1-2H3,(H,18,20). The number of urea groups is 1. The van der Waals surface area contributed by atoms with Gasteiger partial charge < -0.3 is 0 Å². The molecular formula is C15H16N4O. The zero-order chi connectivity index (χ0) is 14.4. The Morgan fingerprint density at radius 2 is 1.70 bits per heavy atom. The van der Waals surface area contributed by atoms with Gasteiger partial charge in [0.2, 0.25) is 0 Å². The molecular weight excluding hydrogens is 252 g/mol. The van der Waals surface area contributed by atoms with Crippen LogP contribution < -0.4 is 10.9 Å². The second kappa shape index (κ2) is 6.47. The molecule has 0 radical (unpaired) electrons. The molecule has 0 atom stereocenters. The number of nitrogens with one attached hydrogen (secondary N) is 2. The lowest BCUT2D eigenvalue weighted by Crippen LogP contribution is -2.26. The summed E-state index contributed by atoms with van der Waals surface area (Å²) in [7, 11) is 0. The number of benzene rings is 2. The molecule has 0 bridgehead atoms. The summed E-state index contributed by atoms with van der Waals surface area (Å²) in [5.41, 5.74) is 8.86. The van der Waals surface area contributed by atoms with E-state index in [-0.39, 0.29) is 0 Å². The molecule has 0 aliphatic carbocycles. The molecule has 20 heavy (non-hydrogen) atoms. The highest BCUT2D eigenvalue weighted by atomic mass is 16.2. The highest BCUT2D eigenvalue weighted by molar-refractivity contribution is 5.76. The zero-order valence-electron chi connectivity index (χ0n) is 11.4. The molecule has 0 saturated heterocycles. The Balaban J connectivity index is 1.89. The summed E-state index contributed by atoms with van der Waals surface area (Å²) in [4.78, 5) is 11.5. The molecule has 2 N–H and O–H groups in total. The number of carbonyl (C=O) groups excluding carboxylic acids is 1. The van der Waals surface area contributed by atoms with Crippen LogP contribution in [0.25, 0.3) is 0 Å². The first-order chi connectivity index (χ1) is 9.63. The summed E-state index contributed by atoms with van der Waals surface area (Å²) >= 11 is 0. The molecule has 2 aromatic carbocycles. The lowest BCUT2D eigenvalue weighted by molar-refractivity contribution is 0.249. The van der Waals surface area contributed by atoms with Crippen molar-refractivity contribution in [3.05, 3.63) is 59.7 Å². The van der Waals surface area contributed by atoms with Gasteiger partial charge in [-0.05, 0) is 49.2 Å². The van der Waals surface area contributed by atoms with Gasteiger partial charge in [0.1, 0.15) is 0 Å². The summed E-state index contributed by atoms with van der Waals surface area (Å²) in [5.74, 6) is 0. The lowest BCUT2D eigenvalue weighted by Gasteiger charge is -2.05. The first kappa shape index (κ1) is 13.7. The molecule has 5 nitrogen and oxygen atoms in total. The molecule has 2 amide bonds. The fourth-order valence-corrected chi connectivity index (χ4v) is 1.67. The highest BCUT2D eigenvalue weighted by Crippen LogP contribution is 2.13. The van der Waals surface area contributed by atoms with E-state index in [1.165, 1.54) is 0 Å². The van der Waals surface area contributed by atoms with Gasteiger partial charge in [0.25, 0.3) is 0 Å². The molecule has 0 aliphatic heterocycles. The molecule has 0 spiro atoms.